The van der Waals surface area contributed by atoms with Crippen molar-refractivity contribution in [1.82, 2.24) is 0 Å². The first-order valence-corrected chi connectivity index (χ1v) is 9.35. The number of fused-ring (bicyclic) bond motifs is 1. The van der Waals surface area contributed by atoms with Crippen LogP contribution in [-0.4, -0.2) is 30.9 Å². The molecule has 0 fully saturated rings. The summed E-state index contributed by atoms with van der Waals surface area (Å²) in [5.41, 5.74) is 7.20. The van der Waals surface area contributed by atoms with E-state index < -0.39 is 5.97 Å². The molecule has 0 atom stereocenters. The van der Waals surface area contributed by atoms with Crippen LogP contribution in [0.1, 0.15) is 34.3 Å². The lowest BCUT2D eigenvalue weighted by atomic mass is 10.1. The van der Waals surface area contributed by atoms with E-state index in [1.165, 1.54) is 0 Å². The van der Waals surface area contributed by atoms with E-state index in [0.29, 0.717) is 18.4 Å². The standard InChI is InChI=1S/C23H22N2O4/c1-2-22(26)28-15-5-6-16-29-23(27)19-11-9-18(10-12-19)21-14-13-17-7-3-4-8-20(17)24-25-21/h2-4,7-14,24H,1,5-6,15-16H2. The van der Waals surface area contributed by atoms with Crippen molar-refractivity contribution in [2.45, 2.75) is 12.8 Å². The highest BCUT2D eigenvalue weighted by Gasteiger charge is 2.10. The summed E-state index contributed by atoms with van der Waals surface area (Å²) in [5.74, 6) is -0.835. The van der Waals surface area contributed by atoms with Gasteiger partial charge < -0.3 is 9.47 Å². The number of esters is 2. The lowest BCUT2D eigenvalue weighted by Gasteiger charge is -2.06. The van der Waals surface area contributed by atoms with Gasteiger partial charge in [-0.15, -0.1) is 0 Å². The Morgan fingerprint density at radius 3 is 2.45 bits per heavy atom. The number of para-hydroxylation sites is 1. The number of anilines is 1. The molecule has 2 aromatic rings. The van der Waals surface area contributed by atoms with E-state index >= 15 is 0 Å². The van der Waals surface area contributed by atoms with E-state index in [1.54, 1.807) is 12.1 Å². The maximum atomic E-state index is 12.1. The minimum Gasteiger partial charge on any atom is -0.463 e. The summed E-state index contributed by atoms with van der Waals surface area (Å²) in [6.07, 6.45) is 6.29. The van der Waals surface area contributed by atoms with Gasteiger partial charge in [-0.05, 0) is 42.7 Å². The third-order valence-electron chi connectivity index (χ3n) is 4.28. The van der Waals surface area contributed by atoms with Gasteiger partial charge in [-0.3, -0.25) is 5.43 Å². The number of hydrogen-bond acceptors (Lipinski definition) is 6. The summed E-state index contributed by atoms with van der Waals surface area (Å²) in [6, 6.07) is 15.0. The fourth-order valence-electron chi connectivity index (χ4n) is 2.69. The molecule has 0 aromatic heterocycles. The summed E-state index contributed by atoms with van der Waals surface area (Å²) in [6.45, 7) is 3.87. The van der Waals surface area contributed by atoms with Crippen LogP contribution in [0.15, 0.2) is 72.4 Å². The molecule has 6 nitrogen and oxygen atoms in total. The number of nitrogens with one attached hydrogen (secondary N) is 1. The zero-order valence-electron chi connectivity index (χ0n) is 16.0. The van der Waals surface area contributed by atoms with Crippen molar-refractivity contribution in [1.29, 1.82) is 0 Å². The van der Waals surface area contributed by atoms with Crippen LogP contribution in [-0.2, 0) is 14.3 Å². The molecule has 0 spiro atoms. The summed E-state index contributed by atoms with van der Waals surface area (Å²) < 4.78 is 10.1. The van der Waals surface area contributed by atoms with E-state index in [1.807, 2.05) is 48.6 Å². The number of unbranched alkanes of at least 4 members (excludes halogenated alkanes) is 1. The van der Waals surface area contributed by atoms with Crippen molar-refractivity contribution in [2.75, 3.05) is 18.6 Å². The minimum absolute atomic E-state index is 0.268. The first kappa shape index (κ1) is 20.1. The molecule has 3 rings (SSSR count). The highest BCUT2D eigenvalue weighted by atomic mass is 16.5. The molecule has 1 aliphatic rings. The third-order valence-corrected chi connectivity index (χ3v) is 4.28. The fraction of sp³-hybridized carbons (Fsp3) is 0.174. The van der Waals surface area contributed by atoms with Crippen molar-refractivity contribution in [3.05, 3.63) is 84.0 Å². The number of ether oxygens (including phenoxy) is 2. The van der Waals surface area contributed by atoms with Crippen LogP contribution in [0.2, 0.25) is 0 Å². The zero-order valence-corrected chi connectivity index (χ0v) is 16.0. The second-order valence-corrected chi connectivity index (χ2v) is 6.32. The first-order chi connectivity index (χ1) is 14.2. The third kappa shape index (κ3) is 5.65. The van der Waals surface area contributed by atoms with E-state index in [4.69, 9.17) is 9.47 Å². The van der Waals surface area contributed by atoms with Gasteiger partial charge in [-0.2, -0.15) is 5.10 Å². The molecule has 148 valence electrons. The summed E-state index contributed by atoms with van der Waals surface area (Å²) >= 11 is 0. The predicted molar refractivity (Wildman–Crippen MR) is 113 cm³/mol. The Morgan fingerprint density at radius 2 is 1.69 bits per heavy atom. The van der Waals surface area contributed by atoms with Crippen LogP contribution >= 0.6 is 0 Å². The number of nitrogens with zero attached hydrogens (tertiary/aromatic N) is 1. The molecule has 0 amide bonds. The Balaban J connectivity index is 1.50. The normalized spacial score (nSPS) is 12.1. The topological polar surface area (TPSA) is 77.0 Å². The molecule has 0 saturated carbocycles. The summed E-state index contributed by atoms with van der Waals surface area (Å²) in [4.78, 5) is 23.1. The molecule has 2 aromatic carbocycles. The molecular formula is C23H22N2O4. The van der Waals surface area contributed by atoms with E-state index in [9.17, 15) is 9.59 Å². The Hall–Kier alpha value is -3.67. The van der Waals surface area contributed by atoms with E-state index in [2.05, 4.69) is 17.1 Å². The van der Waals surface area contributed by atoms with Crippen LogP contribution in [0, 0.1) is 0 Å². The van der Waals surface area contributed by atoms with Gasteiger partial charge in [0.05, 0.1) is 30.2 Å². The molecule has 6 heteroatoms. The molecule has 0 saturated heterocycles. The Kier molecular flexibility index (Phi) is 6.95. The molecule has 0 radical (unpaired) electrons. The van der Waals surface area contributed by atoms with Crippen LogP contribution in [0.5, 0.6) is 0 Å². The van der Waals surface area contributed by atoms with Crippen molar-refractivity contribution >= 4 is 29.4 Å². The molecule has 29 heavy (non-hydrogen) atoms. The SMILES string of the molecule is C=CC(=O)OCCCCOC(=O)c1ccc(C2=NNc3ccccc3C=C2)cc1. The van der Waals surface area contributed by atoms with E-state index in [-0.39, 0.29) is 19.2 Å². The second kappa shape index (κ2) is 10.0. The lowest BCUT2D eigenvalue weighted by molar-refractivity contribution is -0.137. The first-order valence-electron chi connectivity index (χ1n) is 9.35. The highest BCUT2D eigenvalue weighted by Crippen LogP contribution is 2.20. The maximum absolute atomic E-state index is 12.1. The molecular weight excluding hydrogens is 368 g/mol. The number of rotatable bonds is 8. The van der Waals surface area contributed by atoms with Gasteiger partial charge in [-0.25, -0.2) is 9.59 Å². The van der Waals surface area contributed by atoms with Gasteiger partial charge in [0.1, 0.15) is 0 Å². The number of carbonyl (C=O) groups excluding carboxylic acids is 2. The molecule has 1 N–H and O–H groups in total. The van der Waals surface area contributed by atoms with Crippen LogP contribution in [0.4, 0.5) is 5.69 Å². The Morgan fingerprint density at radius 1 is 0.966 bits per heavy atom. The fourth-order valence-corrected chi connectivity index (χ4v) is 2.69. The molecule has 0 aliphatic carbocycles. The minimum atomic E-state index is -0.450. The molecule has 0 bridgehead atoms. The Bertz CT molecular complexity index is 946. The molecule has 1 aliphatic heterocycles. The average Bonchev–Trinajstić information content (AvgIpc) is 2.98. The lowest BCUT2D eigenvalue weighted by Crippen LogP contribution is -2.08. The van der Waals surface area contributed by atoms with Crippen molar-refractivity contribution in [2.24, 2.45) is 5.10 Å². The number of carbonyl (C=O) groups is 2. The highest BCUT2D eigenvalue weighted by molar-refractivity contribution is 6.12. The van der Waals surface area contributed by atoms with Crippen molar-refractivity contribution in [3.63, 3.8) is 0 Å². The van der Waals surface area contributed by atoms with Gasteiger partial charge in [0.2, 0.25) is 0 Å². The number of hydrogen-bond donors (Lipinski definition) is 1. The quantitative estimate of drug-likeness (QED) is 0.415. The number of allylic oxidation sites excluding steroid dienone is 1. The van der Waals surface area contributed by atoms with Crippen molar-refractivity contribution < 1.29 is 19.1 Å². The summed E-state index contributed by atoms with van der Waals surface area (Å²) in [5, 5.41) is 4.43. The Labute approximate surface area is 169 Å². The number of benzene rings is 2. The second-order valence-electron chi connectivity index (χ2n) is 6.32. The molecule has 1 heterocycles. The smallest absolute Gasteiger partial charge is 0.338 e. The number of hydrazone groups is 1. The van der Waals surface area contributed by atoms with Crippen LogP contribution < -0.4 is 5.43 Å². The van der Waals surface area contributed by atoms with Gasteiger partial charge in [0.25, 0.3) is 0 Å². The zero-order chi connectivity index (χ0) is 20.5. The predicted octanol–water partition coefficient (Wildman–Crippen LogP) is 4.20. The van der Waals surface area contributed by atoms with Gasteiger partial charge in [0, 0.05) is 11.6 Å². The van der Waals surface area contributed by atoms with Gasteiger partial charge in [-0.1, -0.05) is 43.0 Å². The molecule has 0 unspecified atom stereocenters. The summed E-state index contributed by atoms with van der Waals surface area (Å²) in [7, 11) is 0. The average molecular weight is 390 g/mol. The van der Waals surface area contributed by atoms with Crippen LogP contribution in [0.25, 0.3) is 6.08 Å². The van der Waals surface area contributed by atoms with E-state index in [0.717, 1.165) is 28.6 Å². The van der Waals surface area contributed by atoms with Crippen LogP contribution in [0.3, 0.4) is 0 Å². The van der Waals surface area contributed by atoms with Gasteiger partial charge in [0.15, 0.2) is 0 Å². The monoisotopic (exact) mass is 390 g/mol. The largest absolute Gasteiger partial charge is 0.463 e. The maximum Gasteiger partial charge on any atom is 0.338 e. The van der Waals surface area contributed by atoms with Gasteiger partial charge >= 0.3 is 11.9 Å². The van der Waals surface area contributed by atoms with Crippen molar-refractivity contribution in [3.8, 4) is 0 Å².